The average Bonchev–Trinajstić information content (AvgIpc) is 2.42. The molecule has 1 aliphatic rings. The van der Waals surface area contributed by atoms with Crippen molar-refractivity contribution in [1.29, 1.82) is 0 Å². The fraction of sp³-hybridized carbons (Fsp3) is 0.333. The number of amides is 1. The largest absolute Gasteiger partial charge is 0.375 e. The maximum atomic E-state index is 11.9. The molecule has 1 aliphatic heterocycles. The van der Waals surface area contributed by atoms with Gasteiger partial charge in [-0.1, -0.05) is 18.2 Å². The molecule has 1 aromatic rings. The predicted octanol–water partition coefficient (Wildman–Crippen LogP) is 0.830. The molecule has 0 radical (unpaired) electrons. The number of hydrogen-bond donors (Lipinski definition) is 1. The average molecular weight is 219 g/mol. The van der Waals surface area contributed by atoms with Crippen molar-refractivity contribution >= 4 is 17.4 Å². The molecule has 0 unspecified atom stereocenters. The highest BCUT2D eigenvalue weighted by molar-refractivity contribution is 6.08. The topological polar surface area (TPSA) is 57.6 Å². The molecule has 0 spiro atoms. The Morgan fingerprint density at radius 2 is 2.06 bits per heavy atom. The zero-order valence-electron chi connectivity index (χ0n) is 9.23. The number of nitrogens with zero attached hydrogens (tertiary/aromatic N) is 1. The summed E-state index contributed by atoms with van der Waals surface area (Å²) in [7, 11) is 1.60. The lowest BCUT2D eigenvalue weighted by molar-refractivity contribution is -0.141. The SMILES string of the molecule is CC(=O)C[C@@]1(O)C(=O)N(C)c2ccccc21. The van der Waals surface area contributed by atoms with Crippen LogP contribution in [0.5, 0.6) is 0 Å². The first-order valence-electron chi connectivity index (χ1n) is 5.06. The Kier molecular flexibility index (Phi) is 2.31. The van der Waals surface area contributed by atoms with Gasteiger partial charge in [-0.05, 0) is 13.0 Å². The van der Waals surface area contributed by atoms with Crippen LogP contribution >= 0.6 is 0 Å². The van der Waals surface area contributed by atoms with Crippen LogP contribution in [0.25, 0.3) is 0 Å². The lowest BCUT2D eigenvalue weighted by Gasteiger charge is -2.20. The molecule has 4 nitrogen and oxygen atoms in total. The Hall–Kier alpha value is -1.68. The Labute approximate surface area is 93.5 Å². The maximum absolute atomic E-state index is 11.9. The molecule has 1 atom stereocenters. The van der Waals surface area contributed by atoms with Crippen LogP contribution in [-0.4, -0.2) is 23.8 Å². The van der Waals surface area contributed by atoms with Crippen LogP contribution in [0.3, 0.4) is 0 Å². The van der Waals surface area contributed by atoms with Crippen molar-refractivity contribution in [3.05, 3.63) is 29.8 Å². The van der Waals surface area contributed by atoms with Gasteiger partial charge in [0.05, 0.1) is 5.69 Å². The Morgan fingerprint density at radius 3 is 2.69 bits per heavy atom. The summed E-state index contributed by atoms with van der Waals surface area (Å²) >= 11 is 0. The van der Waals surface area contributed by atoms with E-state index in [1.165, 1.54) is 11.8 Å². The van der Waals surface area contributed by atoms with E-state index in [2.05, 4.69) is 0 Å². The summed E-state index contributed by atoms with van der Waals surface area (Å²) in [6.45, 7) is 1.37. The van der Waals surface area contributed by atoms with Gasteiger partial charge in [-0.2, -0.15) is 0 Å². The van der Waals surface area contributed by atoms with Crippen LogP contribution in [0.4, 0.5) is 5.69 Å². The van der Waals surface area contributed by atoms with Crippen LogP contribution in [0.15, 0.2) is 24.3 Å². The molecule has 1 N–H and O–H groups in total. The van der Waals surface area contributed by atoms with E-state index in [1.807, 2.05) is 0 Å². The Balaban J connectivity index is 2.56. The van der Waals surface area contributed by atoms with Crippen molar-refractivity contribution < 1.29 is 14.7 Å². The summed E-state index contributed by atoms with van der Waals surface area (Å²) in [6, 6.07) is 6.98. The molecular weight excluding hydrogens is 206 g/mol. The third kappa shape index (κ3) is 1.34. The van der Waals surface area contributed by atoms with E-state index in [9.17, 15) is 14.7 Å². The molecule has 0 aromatic heterocycles. The minimum absolute atomic E-state index is 0.173. The number of hydrogen-bond acceptors (Lipinski definition) is 3. The first kappa shape index (κ1) is 10.8. The molecular formula is C12H13NO3. The van der Waals surface area contributed by atoms with Crippen molar-refractivity contribution in [3.63, 3.8) is 0 Å². The molecule has 1 heterocycles. The van der Waals surface area contributed by atoms with Crippen LogP contribution in [0.2, 0.25) is 0 Å². The van der Waals surface area contributed by atoms with Gasteiger partial charge in [-0.25, -0.2) is 0 Å². The third-order valence-corrected chi connectivity index (χ3v) is 2.87. The van der Waals surface area contributed by atoms with Gasteiger partial charge in [0.15, 0.2) is 5.60 Å². The number of rotatable bonds is 2. The maximum Gasteiger partial charge on any atom is 0.263 e. The fourth-order valence-corrected chi connectivity index (χ4v) is 2.15. The second-order valence-electron chi connectivity index (χ2n) is 4.12. The minimum Gasteiger partial charge on any atom is -0.375 e. The van der Waals surface area contributed by atoms with Crippen LogP contribution in [-0.2, 0) is 15.2 Å². The molecule has 0 fully saturated rings. The number of likely N-dealkylation sites (N-methyl/N-ethyl adjacent to an activating group) is 1. The van der Waals surface area contributed by atoms with Gasteiger partial charge in [-0.3, -0.25) is 9.59 Å². The molecule has 4 heteroatoms. The molecule has 0 saturated heterocycles. The van der Waals surface area contributed by atoms with E-state index in [0.29, 0.717) is 11.3 Å². The summed E-state index contributed by atoms with van der Waals surface area (Å²) in [6.07, 6.45) is -0.173. The number of benzene rings is 1. The van der Waals surface area contributed by atoms with Crippen molar-refractivity contribution in [2.24, 2.45) is 0 Å². The number of carbonyl (C=O) groups is 2. The smallest absolute Gasteiger partial charge is 0.263 e. The zero-order chi connectivity index (χ0) is 11.9. The standard InChI is InChI=1S/C12H13NO3/c1-8(14)7-12(16)9-5-3-4-6-10(9)13(2)11(12)15/h3-6,16H,7H2,1-2H3/t12-/m0/s1. The molecule has 1 amide bonds. The minimum atomic E-state index is -1.68. The molecule has 16 heavy (non-hydrogen) atoms. The van der Waals surface area contributed by atoms with Crippen molar-refractivity contribution in [1.82, 2.24) is 0 Å². The molecule has 84 valence electrons. The zero-order valence-corrected chi connectivity index (χ0v) is 9.23. The van der Waals surface area contributed by atoms with E-state index in [4.69, 9.17) is 0 Å². The second kappa shape index (κ2) is 3.42. The molecule has 0 aliphatic carbocycles. The molecule has 0 saturated carbocycles. The Morgan fingerprint density at radius 1 is 1.44 bits per heavy atom. The summed E-state index contributed by atoms with van der Waals surface area (Å²) in [5, 5.41) is 10.3. The number of fused-ring (bicyclic) bond motifs is 1. The van der Waals surface area contributed by atoms with Crippen LogP contribution in [0.1, 0.15) is 18.9 Å². The monoisotopic (exact) mass is 219 g/mol. The van der Waals surface area contributed by atoms with Gasteiger partial charge in [0.1, 0.15) is 5.78 Å². The summed E-state index contributed by atoms with van der Waals surface area (Å²) in [5.41, 5.74) is -0.508. The number of Topliss-reactive ketones (excluding diaryl/α,β-unsaturated/α-hetero) is 1. The van der Waals surface area contributed by atoms with Gasteiger partial charge < -0.3 is 10.0 Å². The molecule has 0 bridgehead atoms. The van der Waals surface area contributed by atoms with E-state index in [-0.39, 0.29) is 12.2 Å². The first-order valence-corrected chi connectivity index (χ1v) is 5.06. The number of para-hydroxylation sites is 1. The van der Waals surface area contributed by atoms with E-state index in [1.54, 1.807) is 31.3 Å². The number of ketones is 1. The summed E-state index contributed by atoms with van der Waals surface area (Å²) in [4.78, 5) is 24.5. The highest BCUT2D eigenvalue weighted by Gasteiger charge is 2.48. The van der Waals surface area contributed by atoms with E-state index < -0.39 is 11.5 Å². The lowest BCUT2D eigenvalue weighted by Crippen LogP contribution is -2.39. The van der Waals surface area contributed by atoms with E-state index in [0.717, 1.165) is 0 Å². The fourth-order valence-electron chi connectivity index (χ4n) is 2.15. The van der Waals surface area contributed by atoms with Gasteiger partial charge in [-0.15, -0.1) is 0 Å². The quantitative estimate of drug-likeness (QED) is 0.801. The summed E-state index contributed by atoms with van der Waals surface area (Å²) < 4.78 is 0. The van der Waals surface area contributed by atoms with Gasteiger partial charge in [0.2, 0.25) is 0 Å². The predicted molar refractivity (Wildman–Crippen MR) is 59.0 cm³/mol. The van der Waals surface area contributed by atoms with Gasteiger partial charge >= 0.3 is 0 Å². The van der Waals surface area contributed by atoms with Gasteiger partial charge in [0, 0.05) is 19.0 Å². The number of aliphatic hydroxyl groups is 1. The highest BCUT2D eigenvalue weighted by Crippen LogP contribution is 2.41. The van der Waals surface area contributed by atoms with Crippen molar-refractivity contribution in [3.8, 4) is 0 Å². The van der Waals surface area contributed by atoms with Crippen LogP contribution in [0, 0.1) is 0 Å². The van der Waals surface area contributed by atoms with Crippen LogP contribution < -0.4 is 4.90 Å². The third-order valence-electron chi connectivity index (χ3n) is 2.87. The number of anilines is 1. The molecule has 2 rings (SSSR count). The second-order valence-corrected chi connectivity index (χ2v) is 4.12. The van der Waals surface area contributed by atoms with Crippen molar-refractivity contribution in [2.45, 2.75) is 18.9 Å². The summed E-state index contributed by atoms with van der Waals surface area (Å²) in [5.74, 6) is -0.648. The van der Waals surface area contributed by atoms with E-state index >= 15 is 0 Å². The van der Waals surface area contributed by atoms with Crippen molar-refractivity contribution in [2.75, 3.05) is 11.9 Å². The molecule has 1 aromatic carbocycles. The number of carbonyl (C=O) groups excluding carboxylic acids is 2. The Bertz CT molecular complexity index is 469. The normalized spacial score (nSPS) is 23.4. The first-order chi connectivity index (χ1) is 7.47. The van der Waals surface area contributed by atoms with Gasteiger partial charge in [0.25, 0.3) is 5.91 Å². The highest BCUT2D eigenvalue weighted by atomic mass is 16.3. The lowest BCUT2D eigenvalue weighted by atomic mass is 9.90.